The molecule has 0 aliphatic rings. The molecule has 0 saturated heterocycles. The smallest absolute Gasteiger partial charge is 0.251 e. The number of anilines is 2. The highest BCUT2D eigenvalue weighted by Crippen LogP contribution is 2.16. The van der Waals surface area contributed by atoms with Gasteiger partial charge < -0.3 is 20.3 Å². The van der Waals surface area contributed by atoms with Crippen molar-refractivity contribution in [2.75, 3.05) is 37.0 Å². The summed E-state index contributed by atoms with van der Waals surface area (Å²) in [5, 5.41) is 5.69. The Morgan fingerprint density at radius 1 is 1.07 bits per heavy atom. The summed E-state index contributed by atoms with van der Waals surface area (Å²) >= 11 is 0. The Labute approximate surface area is 173 Å². The number of carbonyl (C=O) groups is 2. The number of nitrogens with zero attached hydrogens (tertiary/aromatic N) is 1. The highest BCUT2D eigenvalue weighted by molar-refractivity contribution is 5.94. The number of methoxy groups -OCH3 is 1. The van der Waals surface area contributed by atoms with Gasteiger partial charge in [-0.2, -0.15) is 0 Å². The molecule has 0 unspecified atom stereocenters. The molecule has 2 N–H and O–H groups in total. The van der Waals surface area contributed by atoms with Crippen LogP contribution in [-0.2, 0) is 16.1 Å². The molecule has 2 aromatic carbocycles. The molecule has 0 radical (unpaired) electrons. The maximum Gasteiger partial charge on any atom is 0.251 e. The highest BCUT2D eigenvalue weighted by atomic mass is 16.5. The third-order valence-electron chi connectivity index (χ3n) is 4.60. The molecule has 0 spiro atoms. The molecule has 2 amide bonds. The minimum absolute atomic E-state index is 0.00482. The zero-order chi connectivity index (χ0) is 21.1. The van der Waals surface area contributed by atoms with Crippen LogP contribution in [0, 0.1) is 0 Å². The molecule has 2 rings (SSSR count). The molecule has 156 valence electrons. The topological polar surface area (TPSA) is 70.7 Å². The molecule has 0 aromatic heterocycles. The van der Waals surface area contributed by atoms with E-state index in [2.05, 4.69) is 29.4 Å². The Balaban J connectivity index is 1.93. The summed E-state index contributed by atoms with van der Waals surface area (Å²) in [6.07, 6.45) is 2.31. The molecule has 0 aliphatic heterocycles. The van der Waals surface area contributed by atoms with Crippen molar-refractivity contribution in [3.8, 4) is 0 Å². The predicted molar refractivity (Wildman–Crippen MR) is 117 cm³/mol. The number of hydrogen-bond acceptors (Lipinski definition) is 4. The van der Waals surface area contributed by atoms with Crippen molar-refractivity contribution in [2.24, 2.45) is 0 Å². The third-order valence-corrected chi connectivity index (χ3v) is 4.60. The Hall–Kier alpha value is -2.86. The van der Waals surface area contributed by atoms with Crippen LogP contribution in [0.3, 0.4) is 0 Å². The van der Waals surface area contributed by atoms with Gasteiger partial charge in [-0.25, -0.2) is 0 Å². The first-order chi connectivity index (χ1) is 14.1. The standard InChI is InChI=1S/C23H31N3O3/c1-4-6-14-26(5-2)21-12-10-19(11-13-21)23(28)24-16-18-8-7-9-20(15-18)25-22(27)17-29-3/h7-13,15H,4-6,14,16-17H2,1-3H3,(H,24,28)(H,25,27). The number of benzene rings is 2. The predicted octanol–water partition coefficient (Wildman–Crippen LogP) is 3.83. The lowest BCUT2D eigenvalue weighted by atomic mass is 10.1. The van der Waals surface area contributed by atoms with Crippen molar-refractivity contribution < 1.29 is 14.3 Å². The zero-order valence-corrected chi connectivity index (χ0v) is 17.5. The van der Waals surface area contributed by atoms with Crippen LogP contribution in [0.25, 0.3) is 0 Å². The Morgan fingerprint density at radius 2 is 1.83 bits per heavy atom. The van der Waals surface area contributed by atoms with Crippen molar-refractivity contribution in [1.29, 1.82) is 0 Å². The van der Waals surface area contributed by atoms with Crippen molar-refractivity contribution >= 4 is 23.2 Å². The first-order valence-corrected chi connectivity index (χ1v) is 10.1. The number of rotatable bonds is 11. The first kappa shape index (κ1) is 22.4. The third kappa shape index (κ3) is 7.23. The van der Waals surface area contributed by atoms with Gasteiger partial charge in [-0.15, -0.1) is 0 Å². The first-order valence-electron chi connectivity index (χ1n) is 10.1. The molecule has 6 heteroatoms. The van der Waals surface area contributed by atoms with E-state index in [0.29, 0.717) is 17.8 Å². The van der Waals surface area contributed by atoms with E-state index in [1.54, 1.807) is 6.07 Å². The normalized spacial score (nSPS) is 10.4. The second kappa shape index (κ2) is 11.9. The fourth-order valence-corrected chi connectivity index (χ4v) is 3.01. The van der Waals surface area contributed by atoms with Crippen LogP contribution < -0.4 is 15.5 Å². The number of amides is 2. The van der Waals surface area contributed by atoms with Gasteiger partial charge in [-0.1, -0.05) is 25.5 Å². The number of unbranched alkanes of at least 4 members (excludes halogenated alkanes) is 1. The van der Waals surface area contributed by atoms with Gasteiger partial charge in [0.1, 0.15) is 6.61 Å². The summed E-state index contributed by atoms with van der Waals surface area (Å²) < 4.78 is 4.81. The van der Waals surface area contributed by atoms with Gasteiger partial charge in [0.2, 0.25) is 5.91 Å². The lowest BCUT2D eigenvalue weighted by Gasteiger charge is -2.23. The van der Waals surface area contributed by atoms with Gasteiger partial charge in [0.25, 0.3) is 5.91 Å². The number of hydrogen-bond donors (Lipinski definition) is 2. The molecule has 29 heavy (non-hydrogen) atoms. The monoisotopic (exact) mass is 397 g/mol. The van der Waals surface area contributed by atoms with Gasteiger partial charge in [0.05, 0.1) is 0 Å². The number of carbonyl (C=O) groups excluding carboxylic acids is 2. The van der Waals surface area contributed by atoms with Crippen LogP contribution >= 0.6 is 0 Å². The van der Waals surface area contributed by atoms with E-state index in [0.717, 1.165) is 37.2 Å². The molecular formula is C23H31N3O3. The molecule has 2 aromatic rings. The Kier molecular flexibility index (Phi) is 9.18. The fraction of sp³-hybridized carbons (Fsp3) is 0.391. The van der Waals surface area contributed by atoms with Crippen molar-refractivity contribution in [1.82, 2.24) is 5.32 Å². The summed E-state index contributed by atoms with van der Waals surface area (Å²) in [7, 11) is 1.48. The van der Waals surface area contributed by atoms with E-state index in [4.69, 9.17) is 4.74 Å². The van der Waals surface area contributed by atoms with Gasteiger partial charge in [-0.3, -0.25) is 9.59 Å². The van der Waals surface area contributed by atoms with E-state index in [1.807, 2.05) is 42.5 Å². The minimum atomic E-state index is -0.214. The molecule has 0 fully saturated rings. The van der Waals surface area contributed by atoms with Crippen LogP contribution in [0.5, 0.6) is 0 Å². The van der Waals surface area contributed by atoms with E-state index in [9.17, 15) is 9.59 Å². The van der Waals surface area contributed by atoms with Crippen LogP contribution in [0.15, 0.2) is 48.5 Å². The molecule has 0 heterocycles. The van der Waals surface area contributed by atoms with Crippen molar-refractivity contribution in [3.05, 3.63) is 59.7 Å². The van der Waals surface area contributed by atoms with Gasteiger partial charge in [0, 0.05) is 43.7 Å². The molecule has 0 saturated carbocycles. The SMILES string of the molecule is CCCCN(CC)c1ccc(C(=O)NCc2cccc(NC(=O)COC)c2)cc1. The second-order valence-electron chi connectivity index (χ2n) is 6.84. The summed E-state index contributed by atoms with van der Waals surface area (Å²) in [5.41, 5.74) is 3.35. The lowest BCUT2D eigenvalue weighted by Crippen LogP contribution is -2.25. The van der Waals surface area contributed by atoms with Crippen LogP contribution in [0.1, 0.15) is 42.6 Å². The average molecular weight is 398 g/mol. The van der Waals surface area contributed by atoms with Crippen LogP contribution in [-0.4, -0.2) is 38.6 Å². The lowest BCUT2D eigenvalue weighted by molar-refractivity contribution is -0.119. The maximum absolute atomic E-state index is 12.5. The molecular weight excluding hydrogens is 366 g/mol. The summed E-state index contributed by atoms with van der Waals surface area (Å²) in [5.74, 6) is -0.337. The minimum Gasteiger partial charge on any atom is -0.375 e. The van der Waals surface area contributed by atoms with E-state index < -0.39 is 0 Å². The van der Waals surface area contributed by atoms with E-state index >= 15 is 0 Å². The molecule has 6 nitrogen and oxygen atoms in total. The van der Waals surface area contributed by atoms with Gasteiger partial charge >= 0.3 is 0 Å². The Morgan fingerprint density at radius 3 is 2.48 bits per heavy atom. The molecule has 0 atom stereocenters. The quantitative estimate of drug-likeness (QED) is 0.605. The molecule has 0 bridgehead atoms. The maximum atomic E-state index is 12.5. The van der Waals surface area contributed by atoms with Crippen molar-refractivity contribution in [3.63, 3.8) is 0 Å². The Bertz CT molecular complexity index is 790. The number of nitrogens with one attached hydrogen (secondary N) is 2. The largest absolute Gasteiger partial charge is 0.375 e. The van der Waals surface area contributed by atoms with Crippen molar-refractivity contribution in [2.45, 2.75) is 33.2 Å². The number of ether oxygens (including phenoxy) is 1. The summed E-state index contributed by atoms with van der Waals surface area (Å²) in [6, 6.07) is 15.1. The molecule has 0 aliphatic carbocycles. The van der Waals surface area contributed by atoms with Crippen LogP contribution in [0.4, 0.5) is 11.4 Å². The van der Waals surface area contributed by atoms with E-state index in [1.165, 1.54) is 7.11 Å². The zero-order valence-electron chi connectivity index (χ0n) is 17.5. The van der Waals surface area contributed by atoms with Gasteiger partial charge in [0.15, 0.2) is 0 Å². The fourth-order valence-electron chi connectivity index (χ4n) is 3.01. The van der Waals surface area contributed by atoms with Gasteiger partial charge in [-0.05, 0) is 55.3 Å². The van der Waals surface area contributed by atoms with E-state index in [-0.39, 0.29) is 18.4 Å². The summed E-state index contributed by atoms with van der Waals surface area (Å²) in [6.45, 7) is 6.68. The second-order valence-corrected chi connectivity index (χ2v) is 6.84. The summed E-state index contributed by atoms with van der Waals surface area (Å²) in [4.78, 5) is 26.4. The van der Waals surface area contributed by atoms with Crippen LogP contribution in [0.2, 0.25) is 0 Å². The average Bonchev–Trinajstić information content (AvgIpc) is 2.73. The highest BCUT2D eigenvalue weighted by Gasteiger charge is 2.09.